The van der Waals surface area contributed by atoms with Gasteiger partial charge in [0.15, 0.2) is 0 Å². The molecule has 2 aliphatic rings. The average molecular weight is 266 g/mol. The van der Waals surface area contributed by atoms with Crippen molar-refractivity contribution < 1.29 is 9.59 Å². The fourth-order valence-corrected chi connectivity index (χ4v) is 3.40. The van der Waals surface area contributed by atoms with Crippen molar-refractivity contribution >= 4 is 28.3 Å². The molecular weight excluding hydrogens is 252 g/mol. The van der Waals surface area contributed by atoms with Crippen molar-refractivity contribution in [2.75, 3.05) is 11.4 Å². The Kier molecular flexibility index (Phi) is 2.19. The Bertz CT molecular complexity index is 766. The Morgan fingerprint density at radius 2 is 2.15 bits per heavy atom. The number of carbonyl (C=O) groups is 2. The molecule has 4 heteroatoms. The minimum absolute atomic E-state index is 0.00195. The number of benzene rings is 2. The molecule has 1 unspecified atom stereocenters. The normalized spacial score (nSPS) is 19.6. The maximum atomic E-state index is 12.5. The van der Waals surface area contributed by atoms with Crippen molar-refractivity contribution in [1.82, 2.24) is 5.32 Å². The fraction of sp³-hybridized carbons (Fsp3) is 0.250. The number of nitrogens with zero attached hydrogens (tertiary/aromatic N) is 1. The Morgan fingerprint density at radius 1 is 1.30 bits per heavy atom. The molecule has 0 saturated heterocycles. The Hall–Kier alpha value is -2.36. The first-order chi connectivity index (χ1) is 9.66. The first-order valence-corrected chi connectivity index (χ1v) is 6.81. The van der Waals surface area contributed by atoms with E-state index in [2.05, 4.69) is 5.32 Å². The van der Waals surface area contributed by atoms with Crippen LogP contribution in [0.25, 0.3) is 10.8 Å². The molecular formula is C16H14N2O2. The van der Waals surface area contributed by atoms with Crippen LogP contribution in [0.3, 0.4) is 0 Å². The molecule has 100 valence electrons. The van der Waals surface area contributed by atoms with Gasteiger partial charge in [0.05, 0.1) is 11.7 Å². The SMILES string of the molecule is CC(=O)NC1CCN2C(=O)c3cccc4ccc1c2c34. The lowest BCUT2D eigenvalue weighted by Gasteiger charge is -2.32. The van der Waals surface area contributed by atoms with Crippen molar-refractivity contribution in [1.29, 1.82) is 0 Å². The van der Waals surface area contributed by atoms with Gasteiger partial charge in [-0.25, -0.2) is 0 Å². The van der Waals surface area contributed by atoms with E-state index < -0.39 is 0 Å². The smallest absolute Gasteiger partial charge is 0.259 e. The van der Waals surface area contributed by atoms with Gasteiger partial charge in [0.25, 0.3) is 5.91 Å². The lowest BCUT2D eigenvalue weighted by molar-refractivity contribution is -0.119. The van der Waals surface area contributed by atoms with Gasteiger partial charge in [0.2, 0.25) is 5.91 Å². The lowest BCUT2D eigenvalue weighted by Crippen LogP contribution is -2.38. The highest BCUT2D eigenvalue weighted by molar-refractivity contribution is 6.26. The number of amides is 2. The predicted octanol–water partition coefficient (Wildman–Crippen LogP) is 2.38. The van der Waals surface area contributed by atoms with E-state index in [-0.39, 0.29) is 17.9 Å². The molecule has 0 bridgehead atoms. The van der Waals surface area contributed by atoms with Crippen LogP contribution in [-0.2, 0) is 4.79 Å². The molecule has 0 aliphatic carbocycles. The molecule has 2 heterocycles. The van der Waals surface area contributed by atoms with Gasteiger partial charge in [-0.05, 0) is 23.4 Å². The summed E-state index contributed by atoms with van der Waals surface area (Å²) in [4.78, 5) is 25.7. The van der Waals surface area contributed by atoms with Gasteiger partial charge in [-0.3, -0.25) is 9.59 Å². The van der Waals surface area contributed by atoms with E-state index in [1.807, 2.05) is 35.2 Å². The molecule has 0 spiro atoms. The molecule has 4 nitrogen and oxygen atoms in total. The van der Waals surface area contributed by atoms with E-state index in [1.165, 1.54) is 6.92 Å². The molecule has 2 aromatic carbocycles. The molecule has 2 aromatic rings. The van der Waals surface area contributed by atoms with Gasteiger partial charge >= 0.3 is 0 Å². The third kappa shape index (κ3) is 1.36. The molecule has 0 radical (unpaired) electrons. The molecule has 4 rings (SSSR count). The fourth-order valence-electron chi connectivity index (χ4n) is 3.40. The molecule has 0 fully saturated rings. The first kappa shape index (κ1) is 11.5. The highest BCUT2D eigenvalue weighted by atomic mass is 16.2. The van der Waals surface area contributed by atoms with Crippen LogP contribution in [0.15, 0.2) is 30.3 Å². The second kappa shape index (κ2) is 3.82. The average Bonchev–Trinajstić information content (AvgIpc) is 2.73. The van der Waals surface area contributed by atoms with Gasteiger partial charge < -0.3 is 10.2 Å². The van der Waals surface area contributed by atoms with Gasteiger partial charge in [-0.15, -0.1) is 0 Å². The van der Waals surface area contributed by atoms with E-state index in [4.69, 9.17) is 0 Å². The van der Waals surface area contributed by atoms with E-state index in [9.17, 15) is 9.59 Å². The summed E-state index contributed by atoms with van der Waals surface area (Å²) >= 11 is 0. The number of anilines is 1. The van der Waals surface area contributed by atoms with Crippen LogP contribution < -0.4 is 10.2 Å². The standard InChI is InChI=1S/C16H14N2O2/c1-9(19)17-13-7-8-18-15-11(13)6-5-10-3-2-4-12(14(10)15)16(18)20/h2-6,13H,7-8H2,1H3,(H,17,19). The maximum absolute atomic E-state index is 12.5. The largest absolute Gasteiger partial charge is 0.349 e. The summed E-state index contributed by atoms with van der Waals surface area (Å²) in [7, 11) is 0. The quantitative estimate of drug-likeness (QED) is 0.861. The highest BCUT2D eigenvalue weighted by Crippen LogP contribution is 2.45. The monoisotopic (exact) mass is 266 g/mol. The lowest BCUT2D eigenvalue weighted by atomic mass is 9.94. The summed E-state index contributed by atoms with van der Waals surface area (Å²) in [5, 5.41) is 5.10. The Morgan fingerprint density at radius 3 is 2.95 bits per heavy atom. The summed E-state index contributed by atoms with van der Waals surface area (Å²) in [6.07, 6.45) is 0.762. The van der Waals surface area contributed by atoms with Crippen molar-refractivity contribution in [3.8, 4) is 0 Å². The van der Waals surface area contributed by atoms with Crippen molar-refractivity contribution in [2.45, 2.75) is 19.4 Å². The summed E-state index contributed by atoms with van der Waals surface area (Å²) in [6.45, 7) is 2.19. The third-order valence-corrected chi connectivity index (χ3v) is 4.19. The van der Waals surface area contributed by atoms with Crippen LogP contribution in [0.1, 0.15) is 35.3 Å². The van der Waals surface area contributed by atoms with Crippen LogP contribution in [0.5, 0.6) is 0 Å². The Balaban J connectivity index is 1.99. The van der Waals surface area contributed by atoms with Crippen molar-refractivity contribution in [2.24, 2.45) is 0 Å². The topological polar surface area (TPSA) is 49.4 Å². The van der Waals surface area contributed by atoms with Crippen LogP contribution in [-0.4, -0.2) is 18.4 Å². The maximum Gasteiger partial charge on any atom is 0.259 e. The number of hydrogen-bond donors (Lipinski definition) is 1. The molecule has 1 N–H and O–H groups in total. The first-order valence-electron chi connectivity index (χ1n) is 6.81. The summed E-state index contributed by atoms with van der Waals surface area (Å²) in [5.41, 5.74) is 2.83. The van der Waals surface area contributed by atoms with Crippen LogP contribution in [0.2, 0.25) is 0 Å². The second-order valence-electron chi connectivity index (χ2n) is 5.41. The number of rotatable bonds is 1. The molecule has 2 amide bonds. The van der Waals surface area contributed by atoms with E-state index in [1.54, 1.807) is 0 Å². The van der Waals surface area contributed by atoms with Crippen LogP contribution >= 0.6 is 0 Å². The molecule has 2 aliphatic heterocycles. The third-order valence-electron chi connectivity index (χ3n) is 4.19. The Labute approximate surface area is 116 Å². The zero-order chi connectivity index (χ0) is 13.9. The van der Waals surface area contributed by atoms with Gasteiger partial charge in [0, 0.05) is 24.4 Å². The van der Waals surface area contributed by atoms with Gasteiger partial charge in [-0.2, -0.15) is 0 Å². The molecule has 0 saturated carbocycles. The van der Waals surface area contributed by atoms with E-state index in [0.29, 0.717) is 6.54 Å². The van der Waals surface area contributed by atoms with Crippen LogP contribution in [0.4, 0.5) is 5.69 Å². The zero-order valence-corrected chi connectivity index (χ0v) is 11.1. The minimum atomic E-state index is -0.0339. The number of carbonyl (C=O) groups excluding carboxylic acids is 2. The van der Waals surface area contributed by atoms with E-state index in [0.717, 1.165) is 34.0 Å². The van der Waals surface area contributed by atoms with E-state index >= 15 is 0 Å². The van der Waals surface area contributed by atoms with Gasteiger partial charge in [0.1, 0.15) is 0 Å². The molecule has 20 heavy (non-hydrogen) atoms. The highest BCUT2D eigenvalue weighted by Gasteiger charge is 2.37. The van der Waals surface area contributed by atoms with Crippen molar-refractivity contribution in [3.63, 3.8) is 0 Å². The molecule has 1 atom stereocenters. The number of hydrogen-bond acceptors (Lipinski definition) is 2. The predicted molar refractivity (Wildman–Crippen MR) is 76.8 cm³/mol. The second-order valence-corrected chi connectivity index (χ2v) is 5.41. The van der Waals surface area contributed by atoms with Gasteiger partial charge in [-0.1, -0.05) is 24.3 Å². The summed E-state index contributed by atoms with van der Waals surface area (Å²) < 4.78 is 0. The summed E-state index contributed by atoms with van der Waals surface area (Å²) in [6, 6.07) is 9.91. The molecule has 0 aromatic heterocycles. The minimum Gasteiger partial charge on any atom is -0.349 e. The van der Waals surface area contributed by atoms with Crippen molar-refractivity contribution in [3.05, 3.63) is 41.5 Å². The number of nitrogens with one attached hydrogen (secondary N) is 1. The van der Waals surface area contributed by atoms with Crippen LogP contribution in [0, 0.1) is 0 Å². The summed E-state index contributed by atoms with van der Waals surface area (Å²) in [5.74, 6) is 0.0488. The zero-order valence-electron chi connectivity index (χ0n) is 11.1.